The molecule has 0 radical (unpaired) electrons. The van der Waals surface area contributed by atoms with Gasteiger partial charge in [-0.1, -0.05) is 19.4 Å². The lowest BCUT2D eigenvalue weighted by atomic mass is 10.4. The van der Waals surface area contributed by atoms with E-state index in [1.807, 2.05) is 19.2 Å². The van der Waals surface area contributed by atoms with E-state index in [4.69, 9.17) is 4.74 Å². The Morgan fingerprint density at radius 3 is 2.94 bits per heavy atom. The summed E-state index contributed by atoms with van der Waals surface area (Å²) in [4.78, 5) is 4.44. The molecule has 0 fully saturated rings. The molecule has 1 aromatic rings. The maximum atomic E-state index is 5.51. The van der Waals surface area contributed by atoms with Crippen LogP contribution in [0, 0.1) is 6.92 Å². The SMILES string of the molecule is C=CCn1cc(C)nc1NCCCOCCCC. The van der Waals surface area contributed by atoms with Crippen molar-refractivity contribution >= 4 is 5.95 Å². The van der Waals surface area contributed by atoms with Gasteiger partial charge in [0.25, 0.3) is 0 Å². The average molecular weight is 251 g/mol. The molecule has 1 rings (SSSR count). The van der Waals surface area contributed by atoms with Crippen LogP contribution in [-0.4, -0.2) is 29.3 Å². The number of imidazole rings is 1. The Hall–Kier alpha value is -1.29. The number of nitrogens with zero attached hydrogens (tertiary/aromatic N) is 2. The second-order valence-electron chi connectivity index (χ2n) is 4.39. The van der Waals surface area contributed by atoms with Crippen LogP contribution in [0.25, 0.3) is 0 Å². The van der Waals surface area contributed by atoms with Crippen LogP contribution in [0.5, 0.6) is 0 Å². The summed E-state index contributed by atoms with van der Waals surface area (Å²) < 4.78 is 7.58. The van der Waals surface area contributed by atoms with E-state index in [1.54, 1.807) is 0 Å². The minimum atomic E-state index is 0.788. The lowest BCUT2D eigenvalue weighted by Crippen LogP contribution is -2.10. The van der Waals surface area contributed by atoms with Gasteiger partial charge in [-0.05, 0) is 19.8 Å². The van der Waals surface area contributed by atoms with Gasteiger partial charge in [0.2, 0.25) is 5.95 Å². The first-order valence-electron chi connectivity index (χ1n) is 6.74. The summed E-state index contributed by atoms with van der Waals surface area (Å²) in [7, 11) is 0. The van der Waals surface area contributed by atoms with Gasteiger partial charge in [0, 0.05) is 32.5 Å². The third-order valence-electron chi connectivity index (χ3n) is 2.61. The third-order valence-corrected chi connectivity index (χ3v) is 2.61. The van der Waals surface area contributed by atoms with Crippen molar-refractivity contribution in [3.8, 4) is 0 Å². The van der Waals surface area contributed by atoms with E-state index in [0.29, 0.717) is 0 Å². The van der Waals surface area contributed by atoms with Crippen LogP contribution < -0.4 is 5.32 Å². The predicted molar refractivity (Wildman–Crippen MR) is 76.0 cm³/mol. The first-order chi connectivity index (χ1) is 8.77. The Morgan fingerprint density at radius 2 is 2.22 bits per heavy atom. The fourth-order valence-electron chi connectivity index (χ4n) is 1.69. The van der Waals surface area contributed by atoms with Gasteiger partial charge in [0.15, 0.2) is 0 Å². The standard InChI is InChI=1S/C14H25N3O/c1-4-6-10-18-11-7-8-15-14-16-13(3)12-17(14)9-5-2/h5,12H,2,4,6-11H2,1,3H3,(H,15,16). The summed E-state index contributed by atoms with van der Waals surface area (Å²) in [5.41, 5.74) is 1.03. The van der Waals surface area contributed by atoms with E-state index in [2.05, 4.69) is 28.4 Å². The number of aromatic nitrogens is 2. The van der Waals surface area contributed by atoms with Crippen LogP contribution in [0.4, 0.5) is 5.95 Å². The molecule has 0 spiro atoms. The molecule has 1 N–H and O–H groups in total. The molecule has 0 aromatic carbocycles. The van der Waals surface area contributed by atoms with Gasteiger partial charge in [-0.2, -0.15) is 0 Å². The van der Waals surface area contributed by atoms with Crippen molar-refractivity contribution in [1.29, 1.82) is 0 Å². The molecule has 0 saturated heterocycles. The van der Waals surface area contributed by atoms with Crippen LogP contribution >= 0.6 is 0 Å². The van der Waals surface area contributed by atoms with Crippen LogP contribution in [0.15, 0.2) is 18.9 Å². The number of allylic oxidation sites excluding steroid dienone is 1. The molecular weight excluding hydrogens is 226 g/mol. The quantitative estimate of drug-likeness (QED) is 0.513. The number of rotatable bonds is 10. The largest absolute Gasteiger partial charge is 0.381 e. The molecule has 1 aromatic heterocycles. The number of anilines is 1. The highest BCUT2D eigenvalue weighted by atomic mass is 16.5. The predicted octanol–water partition coefficient (Wildman–Crippen LogP) is 3.00. The Bertz CT molecular complexity index is 347. The third kappa shape index (κ3) is 5.36. The second kappa shape index (κ2) is 8.75. The van der Waals surface area contributed by atoms with Crippen molar-refractivity contribution in [3.05, 3.63) is 24.5 Å². The van der Waals surface area contributed by atoms with Gasteiger partial charge >= 0.3 is 0 Å². The first-order valence-corrected chi connectivity index (χ1v) is 6.74. The molecule has 0 amide bonds. The van der Waals surface area contributed by atoms with Crippen LogP contribution in [0.1, 0.15) is 31.9 Å². The van der Waals surface area contributed by atoms with E-state index in [0.717, 1.165) is 50.8 Å². The Labute approximate surface area is 110 Å². The van der Waals surface area contributed by atoms with Gasteiger partial charge in [-0.25, -0.2) is 4.98 Å². The molecular formula is C14H25N3O. The van der Waals surface area contributed by atoms with Crippen molar-refractivity contribution in [3.63, 3.8) is 0 Å². The molecule has 0 aliphatic rings. The maximum absolute atomic E-state index is 5.51. The van der Waals surface area contributed by atoms with E-state index in [9.17, 15) is 0 Å². The number of ether oxygens (including phenoxy) is 1. The van der Waals surface area contributed by atoms with Gasteiger partial charge in [0.05, 0.1) is 5.69 Å². The van der Waals surface area contributed by atoms with E-state index >= 15 is 0 Å². The van der Waals surface area contributed by atoms with Gasteiger partial charge < -0.3 is 14.6 Å². The Morgan fingerprint density at radius 1 is 1.44 bits per heavy atom. The monoisotopic (exact) mass is 251 g/mol. The van der Waals surface area contributed by atoms with E-state index in [-0.39, 0.29) is 0 Å². The van der Waals surface area contributed by atoms with Crippen molar-refractivity contribution < 1.29 is 4.74 Å². The molecule has 1 heterocycles. The van der Waals surface area contributed by atoms with Crippen molar-refractivity contribution in [2.45, 2.75) is 39.7 Å². The Balaban J connectivity index is 2.20. The summed E-state index contributed by atoms with van der Waals surface area (Å²) >= 11 is 0. The van der Waals surface area contributed by atoms with Crippen LogP contribution in [0.2, 0.25) is 0 Å². The second-order valence-corrected chi connectivity index (χ2v) is 4.39. The van der Waals surface area contributed by atoms with E-state index in [1.165, 1.54) is 6.42 Å². The molecule has 4 nitrogen and oxygen atoms in total. The molecule has 102 valence electrons. The highest BCUT2D eigenvalue weighted by molar-refractivity contribution is 5.28. The van der Waals surface area contributed by atoms with Crippen LogP contribution in [0.3, 0.4) is 0 Å². The van der Waals surface area contributed by atoms with Gasteiger partial charge in [-0.15, -0.1) is 6.58 Å². The minimum Gasteiger partial charge on any atom is -0.381 e. The molecule has 0 bridgehead atoms. The van der Waals surface area contributed by atoms with Crippen molar-refractivity contribution in [2.75, 3.05) is 25.1 Å². The molecule has 0 unspecified atom stereocenters. The fraction of sp³-hybridized carbons (Fsp3) is 0.643. The number of aryl methyl sites for hydroxylation is 1. The lowest BCUT2D eigenvalue weighted by Gasteiger charge is -2.08. The molecule has 0 atom stereocenters. The average Bonchev–Trinajstić information content (AvgIpc) is 2.69. The highest BCUT2D eigenvalue weighted by Crippen LogP contribution is 2.08. The molecule has 0 aliphatic heterocycles. The zero-order chi connectivity index (χ0) is 13.2. The zero-order valence-corrected chi connectivity index (χ0v) is 11.6. The zero-order valence-electron chi connectivity index (χ0n) is 11.6. The first kappa shape index (κ1) is 14.8. The van der Waals surface area contributed by atoms with E-state index < -0.39 is 0 Å². The normalized spacial score (nSPS) is 10.6. The summed E-state index contributed by atoms with van der Waals surface area (Å²) in [6.45, 7) is 11.3. The number of nitrogens with one attached hydrogen (secondary N) is 1. The fourth-order valence-corrected chi connectivity index (χ4v) is 1.69. The minimum absolute atomic E-state index is 0.788. The number of unbranched alkanes of at least 4 members (excludes halogenated alkanes) is 1. The molecule has 4 heteroatoms. The maximum Gasteiger partial charge on any atom is 0.203 e. The number of hydrogen-bond donors (Lipinski definition) is 1. The van der Waals surface area contributed by atoms with Gasteiger partial charge in [0.1, 0.15) is 0 Å². The van der Waals surface area contributed by atoms with Crippen molar-refractivity contribution in [2.24, 2.45) is 0 Å². The van der Waals surface area contributed by atoms with Crippen molar-refractivity contribution in [1.82, 2.24) is 9.55 Å². The lowest BCUT2D eigenvalue weighted by molar-refractivity contribution is 0.131. The number of hydrogen-bond acceptors (Lipinski definition) is 3. The highest BCUT2D eigenvalue weighted by Gasteiger charge is 2.02. The van der Waals surface area contributed by atoms with Crippen LogP contribution in [-0.2, 0) is 11.3 Å². The van der Waals surface area contributed by atoms with Gasteiger partial charge in [-0.3, -0.25) is 0 Å². The topological polar surface area (TPSA) is 39.1 Å². The smallest absolute Gasteiger partial charge is 0.203 e. The molecule has 0 aliphatic carbocycles. The summed E-state index contributed by atoms with van der Waals surface area (Å²) in [6.07, 6.45) is 7.25. The molecule has 18 heavy (non-hydrogen) atoms. The molecule has 0 saturated carbocycles. The summed E-state index contributed by atoms with van der Waals surface area (Å²) in [5, 5.41) is 3.33. The Kier molecular flexibility index (Phi) is 7.18. The summed E-state index contributed by atoms with van der Waals surface area (Å²) in [5.74, 6) is 0.918. The summed E-state index contributed by atoms with van der Waals surface area (Å²) in [6, 6.07) is 0.